The number of hydrogen-bond donors (Lipinski definition) is 3. The molecule has 3 N–H and O–H groups in total. The maximum atomic E-state index is 11.9. The van der Waals surface area contributed by atoms with Crippen molar-refractivity contribution in [3.05, 3.63) is 53.8 Å². The Balaban J connectivity index is 0.00000364. The second kappa shape index (κ2) is 13.6. The van der Waals surface area contributed by atoms with E-state index in [0.717, 1.165) is 28.8 Å². The van der Waals surface area contributed by atoms with E-state index in [9.17, 15) is 4.79 Å². The smallest absolute Gasteiger partial charge is 0.246 e. The minimum Gasteiger partial charge on any atom is -0.357 e. The van der Waals surface area contributed by atoms with Crippen LogP contribution in [0.3, 0.4) is 0 Å². The number of nitrogens with zero attached hydrogens (tertiary/aromatic N) is 2. The zero-order chi connectivity index (χ0) is 18.6. The highest BCUT2D eigenvalue weighted by molar-refractivity contribution is 14.0. The molecule has 0 radical (unpaired) electrons. The van der Waals surface area contributed by atoms with E-state index in [0.29, 0.717) is 11.6 Å². The molecule has 0 saturated heterocycles. The van der Waals surface area contributed by atoms with E-state index in [4.69, 9.17) is 11.6 Å². The van der Waals surface area contributed by atoms with Gasteiger partial charge in [-0.05, 0) is 43.3 Å². The number of hydrogen-bond acceptors (Lipinski definition) is 4. The van der Waals surface area contributed by atoms with E-state index in [2.05, 4.69) is 25.9 Å². The zero-order valence-electron chi connectivity index (χ0n) is 14.9. The van der Waals surface area contributed by atoms with Crippen molar-refractivity contribution in [1.29, 1.82) is 0 Å². The van der Waals surface area contributed by atoms with Gasteiger partial charge in [0.25, 0.3) is 0 Å². The molecular weight excluding hydrogens is 497 g/mol. The predicted molar refractivity (Wildman–Crippen MR) is 124 cm³/mol. The second-order valence-corrected chi connectivity index (χ2v) is 6.82. The summed E-state index contributed by atoms with van der Waals surface area (Å²) >= 11 is 7.60. The van der Waals surface area contributed by atoms with Crippen molar-refractivity contribution in [1.82, 2.24) is 15.6 Å². The van der Waals surface area contributed by atoms with E-state index >= 15 is 0 Å². The van der Waals surface area contributed by atoms with Gasteiger partial charge in [0, 0.05) is 35.0 Å². The van der Waals surface area contributed by atoms with Gasteiger partial charge in [-0.15, -0.1) is 35.7 Å². The number of pyridine rings is 1. The third kappa shape index (κ3) is 9.83. The van der Waals surface area contributed by atoms with Crippen molar-refractivity contribution in [3.8, 4) is 0 Å². The van der Waals surface area contributed by atoms with Gasteiger partial charge in [0.15, 0.2) is 5.96 Å². The molecule has 27 heavy (non-hydrogen) atoms. The fourth-order valence-electron chi connectivity index (χ4n) is 2.00. The number of anilines is 1. The van der Waals surface area contributed by atoms with E-state index in [1.807, 2.05) is 31.2 Å². The molecule has 0 unspecified atom stereocenters. The fraction of sp³-hybridized carbons (Fsp3) is 0.278. The van der Waals surface area contributed by atoms with Gasteiger partial charge >= 0.3 is 0 Å². The first-order valence-electron chi connectivity index (χ1n) is 8.28. The molecule has 146 valence electrons. The molecule has 2 rings (SSSR count). The van der Waals surface area contributed by atoms with E-state index in [1.54, 1.807) is 36.3 Å². The van der Waals surface area contributed by atoms with Gasteiger partial charge < -0.3 is 16.0 Å². The summed E-state index contributed by atoms with van der Waals surface area (Å²) in [6.45, 7) is 3.47. The van der Waals surface area contributed by atoms with Gasteiger partial charge in [0.05, 0.1) is 11.9 Å². The lowest BCUT2D eigenvalue weighted by Gasteiger charge is -2.11. The Morgan fingerprint density at radius 1 is 1.22 bits per heavy atom. The topological polar surface area (TPSA) is 78.4 Å². The van der Waals surface area contributed by atoms with Crippen LogP contribution in [-0.4, -0.2) is 42.2 Å². The molecule has 0 atom stereocenters. The molecule has 6 nitrogen and oxygen atoms in total. The summed E-state index contributed by atoms with van der Waals surface area (Å²) in [7, 11) is 0. The molecule has 0 aliphatic heterocycles. The largest absolute Gasteiger partial charge is 0.357 e. The van der Waals surface area contributed by atoms with Gasteiger partial charge in [-0.3, -0.25) is 9.78 Å². The number of aromatic nitrogens is 1. The number of rotatable bonds is 8. The first-order chi connectivity index (χ1) is 12.7. The van der Waals surface area contributed by atoms with Crippen LogP contribution in [0.5, 0.6) is 0 Å². The Labute approximate surface area is 186 Å². The minimum atomic E-state index is -0.189. The average Bonchev–Trinajstić information content (AvgIpc) is 2.65. The summed E-state index contributed by atoms with van der Waals surface area (Å²) in [6.07, 6.45) is 3.25. The van der Waals surface area contributed by atoms with E-state index < -0.39 is 0 Å². The highest BCUT2D eigenvalue weighted by Crippen LogP contribution is 2.19. The summed E-state index contributed by atoms with van der Waals surface area (Å²) in [5.41, 5.74) is 0.657. The SMILES string of the molecule is CCNC(=NCC(=O)Nc1cccnc1)NCCSc1ccc(Cl)cc1.I. The van der Waals surface area contributed by atoms with Crippen molar-refractivity contribution >= 4 is 64.9 Å². The van der Waals surface area contributed by atoms with Crippen molar-refractivity contribution in [3.63, 3.8) is 0 Å². The van der Waals surface area contributed by atoms with Gasteiger partial charge in [-0.25, -0.2) is 4.99 Å². The number of carbonyl (C=O) groups is 1. The van der Waals surface area contributed by atoms with Crippen LogP contribution in [-0.2, 0) is 4.79 Å². The van der Waals surface area contributed by atoms with E-state index in [-0.39, 0.29) is 36.4 Å². The third-order valence-corrected chi connectivity index (χ3v) is 4.41. The van der Waals surface area contributed by atoms with Gasteiger partial charge in [-0.1, -0.05) is 11.6 Å². The summed E-state index contributed by atoms with van der Waals surface area (Å²) < 4.78 is 0. The van der Waals surface area contributed by atoms with Gasteiger partial charge in [-0.2, -0.15) is 0 Å². The van der Waals surface area contributed by atoms with Crippen LogP contribution in [0.1, 0.15) is 6.92 Å². The molecule has 1 amide bonds. The fourth-order valence-corrected chi connectivity index (χ4v) is 2.89. The van der Waals surface area contributed by atoms with Crippen molar-refractivity contribution in [2.24, 2.45) is 4.99 Å². The summed E-state index contributed by atoms with van der Waals surface area (Å²) in [5.74, 6) is 1.30. The average molecular weight is 520 g/mol. The highest BCUT2D eigenvalue weighted by atomic mass is 127. The Hall–Kier alpha value is -1.52. The second-order valence-electron chi connectivity index (χ2n) is 5.21. The van der Waals surface area contributed by atoms with Gasteiger partial charge in [0.2, 0.25) is 5.91 Å². The number of amides is 1. The highest BCUT2D eigenvalue weighted by Gasteiger charge is 2.03. The molecule has 1 aromatic heterocycles. The number of benzene rings is 1. The van der Waals surface area contributed by atoms with Crippen molar-refractivity contribution in [2.75, 3.05) is 30.7 Å². The standard InChI is InChI=1S/C18H22ClN5OS.HI/c1-2-21-18(22-10-11-26-16-7-5-14(19)6-8-16)23-13-17(25)24-15-4-3-9-20-12-15;/h3-9,12H,2,10-11,13H2,1H3,(H,24,25)(H2,21,22,23);1H. The van der Waals surface area contributed by atoms with Crippen LogP contribution < -0.4 is 16.0 Å². The maximum absolute atomic E-state index is 11.9. The lowest BCUT2D eigenvalue weighted by molar-refractivity contribution is -0.114. The van der Waals surface area contributed by atoms with Crippen molar-refractivity contribution in [2.45, 2.75) is 11.8 Å². The third-order valence-electron chi connectivity index (χ3n) is 3.15. The van der Waals surface area contributed by atoms with Crippen LogP contribution in [0.15, 0.2) is 58.7 Å². The number of halogens is 2. The monoisotopic (exact) mass is 519 g/mol. The Morgan fingerprint density at radius 3 is 2.67 bits per heavy atom. The lowest BCUT2D eigenvalue weighted by Crippen LogP contribution is -2.39. The molecule has 0 spiro atoms. The quantitative estimate of drug-likeness (QED) is 0.163. The lowest BCUT2D eigenvalue weighted by atomic mass is 10.4. The van der Waals surface area contributed by atoms with Crippen LogP contribution in [0.4, 0.5) is 5.69 Å². The van der Waals surface area contributed by atoms with Crippen LogP contribution in [0.2, 0.25) is 5.02 Å². The maximum Gasteiger partial charge on any atom is 0.246 e. The summed E-state index contributed by atoms with van der Waals surface area (Å²) in [6, 6.07) is 11.3. The number of guanidine groups is 1. The normalized spacial score (nSPS) is 10.7. The van der Waals surface area contributed by atoms with Crippen LogP contribution >= 0.6 is 47.3 Å². The molecule has 1 aromatic carbocycles. The molecule has 0 saturated carbocycles. The molecule has 1 heterocycles. The van der Waals surface area contributed by atoms with Crippen LogP contribution in [0.25, 0.3) is 0 Å². The zero-order valence-corrected chi connectivity index (χ0v) is 18.8. The van der Waals surface area contributed by atoms with Crippen molar-refractivity contribution < 1.29 is 4.79 Å². The Bertz CT molecular complexity index is 715. The first kappa shape index (κ1) is 23.5. The Kier molecular flexibility index (Phi) is 11.9. The van der Waals surface area contributed by atoms with E-state index in [1.165, 1.54) is 0 Å². The number of nitrogens with one attached hydrogen (secondary N) is 3. The minimum absolute atomic E-state index is 0. The number of carbonyl (C=O) groups excluding carboxylic acids is 1. The molecule has 0 fully saturated rings. The number of aliphatic imine (C=N–C) groups is 1. The summed E-state index contributed by atoms with van der Waals surface area (Å²) in [4.78, 5) is 21.4. The Morgan fingerprint density at radius 2 is 2.00 bits per heavy atom. The first-order valence-corrected chi connectivity index (χ1v) is 9.64. The molecule has 0 bridgehead atoms. The molecule has 0 aliphatic carbocycles. The molecule has 9 heteroatoms. The summed E-state index contributed by atoms with van der Waals surface area (Å²) in [5, 5.41) is 9.84. The molecule has 2 aromatic rings. The van der Waals surface area contributed by atoms with Crippen LogP contribution in [0, 0.1) is 0 Å². The number of thioether (sulfide) groups is 1. The molecular formula is C18H23ClIN5OS. The molecule has 0 aliphatic rings. The van der Waals surface area contributed by atoms with Gasteiger partial charge in [0.1, 0.15) is 6.54 Å². The predicted octanol–water partition coefficient (Wildman–Crippen LogP) is 3.64.